The monoisotopic (exact) mass is 303 g/mol. The molecule has 1 aliphatic rings. The quantitative estimate of drug-likeness (QED) is 0.584. The molecule has 0 saturated carbocycles. The highest BCUT2D eigenvalue weighted by Gasteiger charge is 2.24. The molecule has 0 bridgehead atoms. The molecule has 0 atom stereocenters. The Kier molecular flexibility index (Phi) is 5.49. The number of nitrogens with zero attached hydrogens (tertiary/aromatic N) is 2. The summed E-state index contributed by atoms with van der Waals surface area (Å²) in [5, 5.41) is 11.3. The Morgan fingerprint density at radius 2 is 2.20 bits per heavy atom. The lowest BCUT2D eigenvalue weighted by atomic mass is 10.3. The van der Waals surface area contributed by atoms with Crippen LogP contribution in [0.5, 0.6) is 0 Å². The van der Waals surface area contributed by atoms with Crippen molar-refractivity contribution < 1.29 is 13.2 Å². The first kappa shape index (κ1) is 15.4. The molecule has 1 aromatic heterocycles. The zero-order chi connectivity index (χ0) is 14.4. The second-order valence-corrected chi connectivity index (χ2v) is 6.19. The topological polar surface area (TPSA) is 99.3 Å². The maximum atomic E-state index is 12.3. The number of morpholine rings is 1. The summed E-state index contributed by atoms with van der Waals surface area (Å²) in [5.41, 5.74) is 0.638. The van der Waals surface area contributed by atoms with Crippen LogP contribution in [-0.2, 0) is 21.3 Å². The summed E-state index contributed by atoms with van der Waals surface area (Å²) in [7, 11) is -3.62. The van der Waals surface area contributed by atoms with Gasteiger partial charge in [0, 0.05) is 25.2 Å². The minimum atomic E-state index is -3.62. The molecule has 2 heterocycles. The lowest BCUT2D eigenvalue weighted by Gasteiger charge is -2.26. The van der Waals surface area contributed by atoms with E-state index in [0.717, 1.165) is 13.0 Å². The Balaban J connectivity index is 2.03. The molecule has 1 fully saturated rings. The van der Waals surface area contributed by atoms with Crippen molar-refractivity contribution in [1.29, 1.82) is 0 Å². The van der Waals surface area contributed by atoms with Crippen LogP contribution in [0, 0.1) is 0 Å². The van der Waals surface area contributed by atoms with Crippen molar-refractivity contribution in [3.63, 3.8) is 0 Å². The highest BCUT2D eigenvalue weighted by Crippen LogP contribution is 2.12. The molecule has 0 aliphatic carbocycles. The minimum absolute atomic E-state index is 0.118. The van der Waals surface area contributed by atoms with E-state index in [0.29, 0.717) is 38.4 Å². The summed E-state index contributed by atoms with van der Waals surface area (Å²) >= 11 is 0. The van der Waals surface area contributed by atoms with Crippen molar-refractivity contribution in [1.82, 2.24) is 25.4 Å². The molecule has 1 aliphatic heterocycles. The van der Waals surface area contributed by atoms with Crippen molar-refractivity contribution in [2.24, 2.45) is 0 Å². The molecular formula is C11H21N5O3S. The SMILES string of the molecule is CCCNCc1cn[nH]c1S(=O)(=O)NN1CCOCC1. The lowest BCUT2D eigenvalue weighted by Crippen LogP contribution is -2.48. The van der Waals surface area contributed by atoms with Crippen LogP contribution < -0.4 is 10.1 Å². The van der Waals surface area contributed by atoms with Gasteiger partial charge in [-0.25, -0.2) is 13.4 Å². The molecule has 1 aromatic rings. The molecule has 0 unspecified atom stereocenters. The van der Waals surface area contributed by atoms with Crippen molar-refractivity contribution >= 4 is 10.0 Å². The second kappa shape index (κ2) is 7.14. The molecule has 9 heteroatoms. The average Bonchev–Trinajstić information content (AvgIpc) is 2.89. The largest absolute Gasteiger partial charge is 0.379 e. The van der Waals surface area contributed by atoms with Gasteiger partial charge in [0.2, 0.25) is 0 Å². The van der Waals surface area contributed by atoms with Crippen LogP contribution in [0.15, 0.2) is 11.2 Å². The number of aromatic nitrogens is 2. The number of hydrogen-bond donors (Lipinski definition) is 3. The van der Waals surface area contributed by atoms with Crippen LogP contribution in [0.1, 0.15) is 18.9 Å². The third kappa shape index (κ3) is 4.00. The van der Waals surface area contributed by atoms with Crippen LogP contribution in [0.25, 0.3) is 0 Å². The first-order valence-electron chi connectivity index (χ1n) is 6.71. The van der Waals surface area contributed by atoms with E-state index in [4.69, 9.17) is 4.74 Å². The number of H-pyrrole nitrogens is 1. The van der Waals surface area contributed by atoms with Crippen molar-refractivity contribution in [2.45, 2.75) is 24.9 Å². The van der Waals surface area contributed by atoms with Gasteiger partial charge in [-0.1, -0.05) is 6.92 Å². The normalized spacial score (nSPS) is 17.4. The third-order valence-electron chi connectivity index (χ3n) is 2.95. The number of ether oxygens (including phenoxy) is 1. The van der Waals surface area contributed by atoms with Gasteiger partial charge in [-0.3, -0.25) is 5.10 Å². The molecule has 3 N–H and O–H groups in total. The van der Waals surface area contributed by atoms with Gasteiger partial charge in [0.15, 0.2) is 5.03 Å². The van der Waals surface area contributed by atoms with Gasteiger partial charge in [-0.15, -0.1) is 4.83 Å². The Hall–Kier alpha value is -1.00. The first-order valence-corrected chi connectivity index (χ1v) is 8.20. The summed E-state index contributed by atoms with van der Waals surface area (Å²) in [6, 6.07) is 0. The zero-order valence-electron chi connectivity index (χ0n) is 11.6. The number of sulfonamides is 1. The molecule has 0 aromatic carbocycles. The number of nitrogens with one attached hydrogen (secondary N) is 3. The van der Waals surface area contributed by atoms with E-state index in [-0.39, 0.29) is 5.03 Å². The summed E-state index contributed by atoms with van der Waals surface area (Å²) in [5.74, 6) is 0. The maximum absolute atomic E-state index is 12.3. The molecule has 0 amide bonds. The lowest BCUT2D eigenvalue weighted by molar-refractivity contribution is 0.0272. The smallest absolute Gasteiger partial charge is 0.270 e. The van der Waals surface area contributed by atoms with Gasteiger partial charge in [-0.05, 0) is 13.0 Å². The van der Waals surface area contributed by atoms with E-state index in [1.54, 1.807) is 5.01 Å². The number of hydrogen-bond acceptors (Lipinski definition) is 6. The van der Waals surface area contributed by atoms with E-state index < -0.39 is 10.0 Å². The van der Waals surface area contributed by atoms with Crippen molar-refractivity contribution in [3.8, 4) is 0 Å². The van der Waals surface area contributed by atoms with Crippen LogP contribution in [-0.4, -0.2) is 56.5 Å². The molecule has 114 valence electrons. The van der Waals surface area contributed by atoms with E-state index in [2.05, 4.69) is 27.3 Å². The molecule has 1 saturated heterocycles. The summed E-state index contributed by atoms with van der Waals surface area (Å²) < 4.78 is 29.8. The predicted molar refractivity (Wildman–Crippen MR) is 73.3 cm³/mol. The molecule has 8 nitrogen and oxygen atoms in total. The maximum Gasteiger partial charge on any atom is 0.270 e. The van der Waals surface area contributed by atoms with Gasteiger partial charge in [-0.2, -0.15) is 5.10 Å². The number of rotatable bonds is 7. The number of aromatic amines is 1. The van der Waals surface area contributed by atoms with Crippen LogP contribution in [0.3, 0.4) is 0 Å². The van der Waals surface area contributed by atoms with Crippen LogP contribution in [0.2, 0.25) is 0 Å². The fraction of sp³-hybridized carbons (Fsp3) is 0.727. The Bertz CT molecular complexity index is 510. The van der Waals surface area contributed by atoms with Crippen LogP contribution in [0.4, 0.5) is 0 Å². The fourth-order valence-corrected chi connectivity index (χ4v) is 3.18. The van der Waals surface area contributed by atoms with Crippen molar-refractivity contribution in [2.75, 3.05) is 32.8 Å². The number of hydrazine groups is 1. The second-order valence-electron chi connectivity index (χ2n) is 4.60. The Morgan fingerprint density at radius 1 is 1.45 bits per heavy atom. The van der Waals surface area contributed by atoms with Gasteiger partial charge >= 0.3 is 0 Å². The average molecular weight is 303 g/mol. The highest BCUT2D eigenvalue weighted by molar-refractivity contribution is 7.89. The standard InChI is InChI=1S/C11H21N5O3S/c1-2-3-12-8-10-9-13-14-11(10)20(17,18)15-16-4-6-19-7-5-16/h9,12,15H,2-8H2,1H3,(H,13,14). The molecule has 0 radical (unpaired) electrons. The third-order valence-corrected chi connectivity index (χ3v) is 4.34. The highest BCUT2D eigenvalue weighted by atomic mass is 32.2. The summed E-state index contributed by atoms with van der Waals surface area (Å²) in [4.78, 5) is 2.55. The van der Waals surface area contributed by atoms with E-state index in [1.807, 2.05) is 0 Å². The van der Waals surface area contributed by atoms with Crippen LogP contribution >= 0.6 is 0 Å². The summed E-state index contributed by atoms with van der Waals surface area (Å²) in [6.45, 7) is 5.49. The van der Waals surface area contributed by atoms with Gasteiger partial charge < -0.3 is 10.1 Å². The van der Waals surface area contributed by atoms with E-state index >= 15 is 0 Å². The van der Waals surface area contributed by atoms with Gasteiger partial charge in [0.25, 0.3) is 10.0 Å². The molecule has 2 rings (SSSR count). The van der Waals surface area contributed by atoms with E-state index in [9.17, 15) is 8.42 Å². The van der Waals surface area contributed by atoms with Gasteiger partial charge in [0.05, 0.1) is 19.4 Å². The first-order chi connectivity index (χ1) is 9.63. The summed E-state index contributed by atoms with van der Waals surface area (Å²) in [6.07, 6.45) is 2.53. The molecular weight excluding hydrogens is 282 g/mol. The molecule has 0 spiro atoms. The zero-order valence-corrected chi connectivity index (χ0v) is 12.4. The fourth-order valence-electron chi connectivity index (χ4n) is 1.93. The predicted octanol–water partition coefficient (Wildman–Crippen LogP) is -0.565. The van der Waals surface area contributed by atoms with E-state index in [1.165, 1.54) is 6.20 Å². The van der Waals surface area contributed by atoms with Gasteiger partial charge in [0.1, 0.15) is 0 Å². The Morgan fingerprint density at radius 3 is 2.90 bits per heavy atom. The minimum Gasteiger partial charge on any atom is -0.379 e. The molecule has 20 heavy (non-hydrogen) atoms. The Labute approximate surface area is 118 Å². The van der Waals surface area contributed by atoms with Crippen molar-refractivity contribution in [3.05, 3.63) is 11.8 Å².